The summed E-state index contributed by atoms with van der Waals surface area (Å²) in [6.45, 7) is 5.85. The first-order valence-electron chi connectivity index (χ1n) is 8.85. The standard InChI is InChI=1S/C22H24N2O2/c1-3-26-16-19-9-7-18(8-10-19)15-23-22(25)20-11-6-17(2)21(14-20)24-12-4-5-13-24/h4-14H,3,15-16H2,1-2H3,(H,23,25). The highest BCUT2D eigenvalue weighted by Crippen LogP contribution is 2.16. The van der Waals surface area contributed by atoms with E-state index in [0.29, 0.717) is 25.3 Å². The van der Waals surface area contributed by atoms with Crippen LogP contribution < -0.4 is 5.32 Å². The number of benzene rings is 2. The number of carbonyl (C=O) groups is 1. The monoisotopic (exact) mass is 348 g/mol. The molecular formula is C22H24N2O2. The molecule has 0 aliphatic rings. The number of rotatable bonds is 7. The van der Waals surface area contributed by atoms with Gasteiger partial charge in [-0.25, -0.2) is 0 Å². The highest BCUT2D eigenvalue weighted by Gasteiger charge is 2.09. The van der Waals surface area contributed by atoms with Crippen LogP contribution in [0.15, 0.2) is 67.0 Å². The first kappa shape index (κ1) is 18.0. The molecule has 26 heavy (non-hydrogen) atoms. The minimum atomic E-state index is -0.0724. The first-order valence-corrected chi connectivity index (χ1v) is 8.85. The van der Waals surface area contributed by atoms with E-state index in [1.165, 1.54) is 0 Å². The van der Waals surface area contributed by atoms with Crippen molar-refractivity contribution in [2.45, 2.75) is 27.0 Å². The fraction of sp³-hybridized carbons (Fsp3) is 0.227. The smallest absolute Gasteiger partial charge is 0.251 e. The van der Waals surface area contributed by atoms with E-state index in [2.05, 4.69) is 5.32 Å². The summed E-state index contributed by atoms with van der Waals surface area (Å²) < 4.78 is 7.41. The number of ether oxygens (including phenoxy) is 1. The summed E-state index contributed by atoms with van der Waals surface area (Å²) in [4.78, 5) is 12.5. The number of hydrogen-bond acceptors (Lipinski definition) is 2. The van der Waals surface area contributed by atoms with Crippen LogP contribution in [0.5, 0.6) is 0 Å². The van der Waals surface area contributed by atoms with E-state index in [9.17, 15) is 4.79 Å². The molecule has 1 N–H and O–H groups in total. The summed E-state index contributed by atoms with van der Waals surface area (Å²) in [5.41, 5.74) is 5.01. The maximum absolute atomic E-state index is 12.5. The van der Waals surface area contributed by atoms with Gasteiger partial charge in [-0.05, 0) is 54.8 Å². The third-order valence-corrected chi connectivity index (χ3v) is 4.30. The molecule has 4 heteroatoms. The molecule has 3 aromatic rings. The van der Waals surface area contributed by atoms with Crippen LogP contribution in [-0.4, -0.2) is 17.1 Å². The number of aryl methyl sites for hydroxylation is 1. The van der Waals surface area contributed by atoms with Gasteiger partial charge in [-0.15, -0.1) is 0 Å². The van der Waals surface area contributed by atoms with Gasteiger partial charge >= 0.3 is 0 Å². The lowest BCUT2D eigenvalue weighted by Gasteiger charge is -2.11. The van der Waals surface area contributed by atoms with Crippen LogP contribution in [0, 0.1) is 6.92 Å². The number of hydrogen-bond donors (Lipinski definition) is 1. The van der Waals surface area contributed by atoms with E-state index in [-0.39, 0.29) is 5.91 Å². The molecule has 4 nitrogen and oxygen atoms in total. The molecule has 0 atom stereocenters. The quantitative estimate of drug-likeness (QED) is 0.693. The van der Waals surface area contributed by atoms with Crippen LogP contribution in [0.4, 0.5) is 0 Å². The molecule has 2 aromatic carbocycles. The Hall–Kier alpha value is -2.85. The van der Waals surface area contributed by atoms with Crippen LogP contribution >= 0.6 is 0 Å². The van der Waals surface area contributed by atoms with Gasteiger partial charge in [0, 0.05) is 36.8 Å². The Morgan fingerprint density at radius 1 is 1.04 bits per heavy atom. The fourth-order valence-electron chi connectivity index (χ4n) is 2.78. The molecule has 0 unspecified atom stereocenters. The zero-order valence-corrected chi connectivity index (χ0v) is 15.2. The summed E-state index contributed by atoms with van der Waals surface area (Å²) in [7, 11) is 0. The summed E-state index contributed by atoms with van der Waals surface area (Å²) in [5, 5.41) is 2.99. The van der Waals surface area contributed by atoms with E-state index in [0.717, 1.165) is 22.4 Å². The van der Waals surface area contributed by atoms with E-state index < -0.39 is 0 Å². The number of carbonyl (C=O) groups excluding carboxylic acids is 1. The molecule has 0 radical (unpaired) electrons. The Kier molecular flexibility index (Phi) is 5.87. The minimum Gasteiger partial charge on any atom is -0.377 e. The molecule has 1 heterocycles. The van der Waals surface area contributed by atoms with Gasteiger partial charge in [-0.2, -0.15) is 0 Å². The van der Waals surface area contributed by atoms with Gasteiger partial charge in [-0.3, -0.25) is 4.79 Å². The summed E-state index contributed by atoms with van der Waals surface area (Å²) >= 11 is 0. The zero-order chi connectivity index (χ0) is 18.4. The predicted molar refractivity (Wildman–Crippen MR) is 103 cm³/mol. The van der Waals surface area contributed by atoms with E-state index in [1.54, 1.807) is 0 Å². The van der Waals surface area contributed by atoms with Gasteiger partial charge in [-0.1, -0.05) is 30.3 Å². The fourth-order valence-corrected chi connectivity index (χ4v) is 2.78. The molecule has 0 aliphatic heterocycles. The van der Waals surface area contributed by atoms with E-state index in [1.807, 2.05) is 85.4 Å². The average Bonchev–Trinajstić information content (AvgIpc) is 3.20. The molecule has 3 rings (SSSR count). The third kappa shape index (κ3) is 4.41. The molecule has 134 valence electrons. The number of nitrogens with one attached hydrogen (secondary N) is 1. The lowest BCUT2D eigenvalue weighted by atomic mass is 10.1. The van der Waals surface area contributed by atoms with Crippen molar-refractivity contribution in [2.75, 3.05) is 6.61 Å². The average molecular weight is 348 g/mol. The normalized spacial score (nSPS) is 10.7. The van der Waals surface area contributed by atoms with Crippen LogP contribution in [0.25, 0.3) is 5.69 Å². The van der Waals surface area contributed by atoms with Crippen molar-refractivity contribution >= 4 is 5.91 Å². The van der Waals surface area contributed by atoms with Crippen molar-refractivity contribution < 1.29 is 9.53 Å². The molecule has 1 aromatic heterocycles. The van der Waals surface area contributed by atoms with Crippen molar-refractivity contribution in [3.63, 3.8) is 0 Å². The Morgan fingerprint density at radius 2 is 1.73 bits per heavy atom. The minimum absolute atomic E-state index is 0.0724. The lowest BCUT2D eigenvalue weighted by molar-refractivity contribution is 0.0951. The highest BCUT2D eigenvalue weighted by atomic mass is 16.5. The Bertz CT molecular complexity index is 852. The second-order valence-corrected chi connectivity index (χ2v) is 6.23. The van der Waals surface area contributed by atoms with Gasteiger partial charge in [0.25, 0.3) is 5.91 Å². The third-order valence-electron chi connectivity index (χ3n) is 4.30. The second kappa shape index (κ2) is 8.50. The molecule has 0 fully saturated rings. The lowest BCUT2D eigenvalue weighted by Crippen LogP contribution is -2.23. The molecule has 0 bridgehead atoms. The van der Waals surface area contributed by atoms with Crippen LogP contribution in [-0.2, 0) is 17.9 Å². The van der Waals surface area contributed by atoms with Crippen molar-refractivity contribution in [3.05, 3.63) is 89.2 Å². The van der Waals surface area contributed by atoms with Crippen molar-refractivity contribution in [3.8, 4) is 5.69 Å². The van der Waals surface area contributed by atoms with Gasteiger partial charge < -0.3 is 14.6 Å². The van der Waals surface area contributed by atoms with Gasteiger partial charge in [0.1, 0.15) is 0 Å². The molecule has 1 amide bonds. The number of aromatic nitrogens is 1. The molecule has 0 spiro atoms. The maximum Gasteiger partial charge on any atom is 0.251 e. The van der Waals surface area contributed by atoms with Crippen LogP contribution in [0.1, 0.15) is 34.0 Å². The van der Waals surface area contributed by atoms with E-state index >= 15 is 0 Å². The molecule has 0 saturated carbocycles. The first-order chi connectivity index (χ1) is 12.7. The van der Waals surface area contributed by atoms with Crippen molar-refractivity contribution in [2.24, 2.45) is 0 Å². The predicted octanol–water partition coefficient (Wildman–Crippen LogP) is 4.25. The molecular weight excluding hydrogens is 324 g/mol. The number of nitrogens with zero attached hydrogens (tertiary/aromatic N) is 1. The van der Waals surface area contributed by atoms with Crippen molar-refractivity contribution in [1.82, 2.24) is 9.88 Å². The second-order valence-electron chi connectivity index (χ2n) is 6.23. The number of amides is 1. The van der Waals surface area contributed by atoms with Crippen LogP contribution in [0.3, 0.4) is 0 Å². The molecule has 0 aliphatic carbocycles. The topological polar surface area (TPSA) is 43.3 Å². The maximum atomic E-state index is 12.5. The van der Waals surface area contributed by atoms with Crippen molar-refractivity contribution in [1.29, 1.82) is 0 Å². The summed E-state index contributed by atoms with van der Waals surface area (Å²) in [6.07, 6.45) is 3.96. The largest absolute Gasteiger partial charge is 0.377 e. The van der Waals surface area contributed by atoms with Gasteiger partial charge in [0.15, 0.2) is 0 Å². The Morgan fingerprint density at radius 3 is 2.42 bits per heavy atom. The Labute approximate surface area is 154 Å². The van der Waals surface area contributed by atoms with Gasteiger partial charge in [0.05, 0.1) is 6.61 Å². The van der Waals surface area contributed by atoms with Crippen LogP contribution in [0.2, 0.25) is 0 Å². The summed E-state index contributed by atoms with van der Waals surface area (Å²) in [5.74, 6) is -0.0724. The Balaban J connectivity index is 1.64. The highest BCUT2D eigenvalue weighted by molar-refractivity contribution is 5.94. The zero-order valence-electron chi connectivity index (χ0n) is 15.2. The summed E-state index contributed by atoms with van der Waals surface area (Å²) in [6, 6.07) is 17.8. The SMILES string of the molecule is CCOCc1ccc(CNC(=O)c2ccc(C)c(-n3cccc3)c2)cc1. The van der Waals surface area contributed by atoms with Gasteiger partial charge in [0.2, 0.25) is 0 Å². The van der Waals surface area contributed by atoms with E-state index in [4.69, 9.17) is 4.74 Å². The molecule has 0 saturated heterocycles.